The van der Waals surface area contributed by atoms with E-state index in [1.807, 2.05) is 11.9 Å². The minimum Gasteiger partial charge on any atom is -0.349 e. The van der Waals surface area contributed by atoms with Crippen LogP contribution in [0.25, 0.3) is 0 Å². The van der Waals surface area contributed by atoms with Gasteiger partial charge in [0.2, 0.25) is 5.91 Å². The highest BCUT2D eigenvalue weighted by Gasteiger charge is 2.34. The predicted molar refractivity (Wildman–Crippen MR) is 117 cm³/mol. The fourth-order valence-corrected chi connectivity index (χ4v) is 5.17. The molecule has 3 rings (SSSR count). The van der Waals surface area contributed by atoms with Crippen LogP contribution in [0.1, 0.15) is 60.9 Å². The molecule has 0 aromatic heterocycles. The van der Waals surface area contributed by atoms with Gasteiger partial charge in [0.05, 0.1) is 11.8 Å². The highest BCUT2D eigenvalue weighted by molar-refractivity contribution is 7.89. The molecule has 2 aliphatic carbocycles. The van der Waals surface area contributed by atoms with E-state index < -0.39 is 15.9 Å². The average molecular weight is 436 g/mol. The van der Waals surface area contributed by atoms with Gasteiger partial charge in [0.25, 0.3) is 5.91 Å². The SMILES string of the molecule is CN(C(=O)[C@@H](N)C1CCC(NC(=O)c2cccc(CS(C)(=O)=O)c2)CC1)C1CCC1. The lowest BCUT2D eigenvalue weighted by atomic mass is 9.80. The minimum absolute atomic E-state index is 0.0369. The Morgan fingerprint density at radius 1 is 1.17 bits per heavy atom. The molecular weight excluding hydrogens is 402 g/mol. The molecule has 2 aliphatic rings. The first-order chi connectivity index (χ1) is 14.1. The van der Waals surface area contributed by atoms with Gasteiger partial charge in [-0.05, 0) is 68.6 Å². The number of rotatable bonds is 7. The number of carbonyl (C=O) groups excluding carboxylic acids is 2. The van der Waals surface area contributed by atoms with Crippen molar-refractivity contribution < 1.29 is 18.0 Å². The topological polar surface area (TPSA) is 110 Å². The summed E-state index contributed by atoms with van der Waals surface area (Å²) in [7, 11) is -1.30. The smallest absolute Gasteiger partial charge is 0.251 e. The van der Waals surface area contributed by atoms with E-state index in [0.717, 1.165) is 38.5 Å². The lowest BCUT2D eigenvalue weighted by Crippen LogP contribution is -2.52. The van der Waals surface area contributed by atoms with Crippen molar-refractivity contribution >= 4 is 21.7 Å². The summed E-state index contributed by atoms with van der Waals surface area (Å²) in [5.41, 5.74) is 7.36. The summed E-state index contributed by atoms with van der Waals surface area (Å²) in [6.07, 6.45) is 7.69. The van der Waals surface area contributed by atoms with E-state index in [2.05, 4.69) is 5.32 Å². The molecule has 1 atom stereocenters. The summed E-state index contributed by atoms with van der Waals surface area (Å²) in [5, 5.41) is 3.05. The zero-order chi connectivity index (χ0) is 21.9. The molecule has 2 fully saturated rings. The van der Waals surface area contributed by atoms with Crippen molar-refractivity contribution in [2.45, 2.75) is 68.8 Å². The van der Waals surface area contributed by atoms with Gasteiger partial charge in [-0.1, -0.05) is 12.1 Å². The standard InChI is InChI=1S/C22H33N3O4S/c1-25(19-7-4-8-19)22(27)20(23)16-9-11-18(12-10-16)24-21(26)17-6-3-5-15(13-17)14-30(2,28)29/h3,5-6,13,16,18-20H,4,7-12,14,23H2,1-2H3,(H,24,26)/t16?,18?,20-/m0/s1. The molecule has 3 N–H and O–H groups in total. The number of amides is 2. The fourth-order valence-electron chi connectivity index (χ4n) is 4.39. The van der Waals surface area contributed by atoms with Gasteiger partial charge in [-0.3, -0.25) is 9.59 Å². The minimum atomic E-state index is -3.15. The Morgan fingerprint density at radius 2 is 1.83 bits per heavy atom. The number of hydrogen-bond acceptors (Lipinski definition) is 5. The molecule has 2 saturated carbocycles. The molecule has 0 radical (unpaired) electrons. The zero-order valence-electron chi connectivity index (χ0n) is 17.8. The Balaban J connectivity index is 1.50. The average Bonchev–Trinajstić information content (AvgIpc) is 2.65. The summed E-state index contributed by atoms with van der Waals surface area (Å²) in [6.45, 7) is 0. The molecule has 0 aliphatic heterocycles. The zero-order valence-corrected chi connectivity index (χ0v) is 18.7. The van der Waals surface area contributed by atoms with Crippen LogP contribution in [0.3, 0.4) is 0 Å². The van der Waals surface area contributed by atoms with E-state index in [-0.39, 0.29) is 29.5 Å². The fraction of sp³-hybridized carbons (Fsp3) is 0.636. The van der Waals surface area contributed by atoms with E-state index in [1.165, 1.54) is 12.7 Å². The van der Waals surface area contributed by atoms with E-state index in [9.17, 15) is 18.0 Å². The highest BCUT2D eigenvalue weighted by Crippen LogP contribution is 2.29. The van der Waals surface area contributed by atoms with Crippen molar-refractivity contribution in [3.05, 3.63) is 35.4 Å². The van der Waals surface area contributed by atoms with Gasteiger partial charge in [-0.2, -0.15) is 0 Å². The Bertz CT molecular complexity index is 874. The van der Waals surface area contributed by atoms with Crippen molar-refractivity contribution in [1.29, 1.82) is 0 Å². The quantitative estimate of drug-likeness (QED) is 0.679. The van der Waals surface area contributed by atoms with Crippen LogP contribution in [0.15, 0.2) is 24.3 Å². The molecule has 0 heterocycles. The van der Waals surface area contributed by atoms with Gasteiger partial charge in [0.15, 0.2) is 9.84 Å². The number of nitrogens with zero attached hydrogens (tertiary/aromatic N) is 1. The number of carbonyl (C=O) groups is 2. The first-order valence-corrected chi connectivity index (χ1v) is 12.8. The second kappa shape index (κ2) is 9.47. The summed E-state index contributed by atoms with van der Waals surface area (Å²) in [4.78, 5) is 27.1. The van der Waals surface area contributed by atoms with Gasteiger partial charge >= 0.3 is 0 Å². The molecule has 30 heavy (non-hydrogen) atoms. The lowest BCUT2D eigenvalue weighted by molar-refractivity contribution is -0.136. The Labute approximate surface area is 179 Å². The molecule has 0 spiro atoms. The van der Waals surface area contributed by atoms with Crippen LogP contribution >= 0.6 is 0 Å². The third kappa shape index (κ3) is 5.82. The van der Waals surface area contributed by atoms with Gasteiger partial charge in [-0.15, -0.1) is 0 Å². The third-order valence-electron chi connectivity index (χ3n) is 6.49. The first kappa shape index (κ1) is 22.7. The number of benzene rings is 1. The maximum absolute atomic E-state index is 12.6. The van der Waals surface area contributed by atoms with Crippen LogP contribution in [-0.4, -0.2) is 56.6 Å². The molecule has 166 valence electrons. The largest absolute Gasteiger partial charge is 0.349 e. The first-order valence-electron chi connectivity index (χ1n) is 10.7. The highest BCUT2D eigenvalue weighted by atomic mass is 32.2. The Kier molecular flexibility index (Phi) is 7.18. The Hall–Kier alpha value is -1.93. The van der Waals surface area contributed by atoms with Crippen molar-refractivity contribution in [2.75, 3.05) is 13.3 Å². The number of sulfone groups is 1. The number of hydrogen-bond donors (Lipinski definition) is 2. The second-order valence-electron chi connectivity index (χ2n) is 8.92. The van der Waals surface area contributed by atoms with Crippen molar-refractivity contribution in [3.8, 4) is 0 Å². The van der Waals surface area contributed by atoms with Crippen LogP contribution in [0.4, 0.5) is 0 Å². The van der Waals surface area contributed by atoms with Crippen LogP contribution in [0, 0.1) is 5.92 Å². The van der Waals surface area contributed by atoms with Gasteiger partial charge in [-0.25, -0.2) is 8.42 Å². The van der Waals surface area contributed by atoms with E-state index in [1.54, 1.807) is 24.3 Å². The summed E-state index contributed by atoms with van der Waals surface area (Å²) in [5.74, 6) is -0.0967. The van der Waals surface area contributed by atoms with Crippen molar-refractivity contribution in [2.24, 2.45) is 11.7 Å². The van der Waals surface area contributed by atoms with Crippen LogP contribution in [-0.2, 0) is 20.4 Å². The third-order valence-corrected chi connectivity index (χ3v) is 7.35. The monoisotopic (exact) mass is 435 g/mol. The maximum atomic E-state index is 12.6. The van der Waals surface area contributed by atoms with E-state index in [4.69, 9.17) is 5.73 Å². The number of nitrogens with one attached hydrogen (secondary N) is 1. The normalized spacial score (nSPS) is 23.3. The van der Waals surface area contributed by atoms with Gasteiger partial charge in [0.1, 0.15) is 0 Å². The lowest BCUT2D eigenvalue weighted by Gasteiger charge is -2.38. The van der Waals surface area contributed by atoms with Crippen molar-refractivity contribution in [1.82, 2.24) is 10.2 Å². The summed E-state index contributed by atoms with van der Waals surface area (Å²) >= 11 is 0. The van der Waals surface area contributed by atoms with Gasteiger partial charge in [0, 0.05) is 31.0 Å². The molecule has 8 heteroatoms. The maximum Gasteiger partial charge on any atom is 0.251 e. The van der Waals surface area contributed by atoms with Crippen LogP contribution < -0.4 is 11.1 Å². The molecule has 0 saturated heterocycles. The number of likely N-dealkylation sites (N-methyl/N-ethyl adjacent to an activating group) is 1. The second-order valence-corrected chi connectivity index (χ2v) is 11.1. The molecule has 1 aromatic rings. The van der Waals surface area contributed by atoms with Crippen LogP contribution in [0.5, 0.6) is 0 Å². The van der Waals surface area contributed by atoms with Gasteiger partial charge < -0.3 is 16.0 Å². The van der Waals surface area contributed by atoms with E-state index >= 15 is 0 Å². The van der Waals surface area contributed by atoms with Crippen LogP contribution in [0.2, 0.25) is 0 Å². The molecule has 0 unspecified atom stereocenters. The summed E-state index contributed by atoms with van der Waals surface area (Å²) in [6, 6.07) is 6.65. The van der Waals surface area contributed by atoms with E-state index in [0.29, 0.717) is 17.2 Å². The molecule has 0 bridgehead atoms. The summed E-state index contributed by atoms with van der Waals surface area (Å²) < 4.78 is 23.0. The number of nitrogens with two attached hydrogens (primary N) is 1. The molecular formula is C22H33N3O4S. The van der Waals surface area contributed by atoms with Crippen molar-refractivity contribution in [3.63, 3.8) is 0 Å². The molecule has 2 amide bonds. The molecule has 7 nitrogen and oxygen atoms in total. The predicted octanol–water partition coefficient (Wildman–Crippen LogP) is 1.86. The Morgan fingerprint density at radius 3 is 2.40 bits per heavy atom. The molecule has 1 aromatic carbocycles.